The van der Waals surface area contributed by atoms with E-state index in [0.29, 0.717) is 17.1 Å². The van der Waals surface area contributed by atoms with Crippen molar-refractivity contribution in [1.82, 2.24) is 5.01 Å². The van der Waals surface area contributed by atoms with E-state index in [4.69, 9.17) is 18.0 Å². The predicted octanol–water partition coefficient (Wildman–Crippen LogP) is 2.91. The molecule has 2 atom stereocenters. The van der Waals surface area contributed by atoms with E-state index < -0.39 is 0 Å². The lowest BCUT2D eigenvalue weighted by Gasteiger charge is -2.39. The normalized spacial score (nSPS) is 24.8. The molecule has 3 N–H and O–H groups in total. The number of hydrogen-bond donors (Lipinski definition) is 2. The molecule has 1 aromatic carbocycles. The van der Waals surface area contributed by atoms with Crippen molar-refractivity contribution in [3.8, 4) is 0 Å². The maximum atomic E-state index is 5.76. The third kappa shape index (κ3) is 2.82. The molecule has 0 aromatic heterocycles. The highest BCUT2D eigenvalue weighted by Crippen LogP contribution is 2.25. The van der Waals surface area contributed by atoms with Crippen LogP contribution in [0.2, 0.25) is 0 Å². The number of rotatable bonds is 3. The Labute approximate surface area is 114 Å². The van der Waals surface area contributed by atoms with Crippen molar-refractivity contribution in [3.63, 3.8) is 0 Å². The van der Waals surface area contributed by atoms with Gasteiger partial charge in [0.1, 0.15) is 4.99 Å². The molecule has 1 aliphatic rings. The number of anilines is 1. The lowest BCUT2D eigenvalue weighted by Crippen LogP contribution is -2.47. The first-order valence-electron chi connectivity index (χ1n) is 6.53. The van der Waals surface area contributed by atoms with Crippen LogP contribution in [0.4, 0.5) is 5.69 Å². The van der Waals surface area contributed by atoms with E-state index in [9.17, 15) is 0 Å². The van der Waals surface area contributed by atoms with Gasteiger partial charge >= 0.3 is 0 Å². The molecule has 2 rings (SSSR count). The van der Waals surface area contributed by atoms with Gasteiger partial charge in [-0.1, -0.05) is 30.8 Å². The molecule has 1 aromatic rings. The minimum Gasteiger partial charge on any atom is -0.389 e. The van der Waals surface area contributed by atoms with Crippen LogP contribution < -0.4 is 11.2 Å². The second-order valence-corrected chi connectivity index (χ2v) is 5.50. The maximum absolute atomic E-state index is 5.76. The summed E-state index contributed by atoms with van der Waals surface area (Å²) < 4.78 is 0. The zero-order chi connectivity index (χ0) is 13.1. The van der Waals surface area contributed by atoms with Gasteiger partial charge in [0.2, 0.25) is 0 Å². The summed E-state index contributed by atoms with van der Waals surface area (Å²) >= 11 is 5.10. The summed E-state index contributed by atoms with van der Waals surface area (Å²) in [6, 6.07) is 9.03. The Balaban J connectivity index is 2.20. The van der Waals surface area contributed by atoms with E-state index in [0.717, 1.165) is 11.3 Å². The van der Waals surface area contributed by atoms with Crippen LogP contribution in [0.1, 0.15) is 38.7 Å². The zero-order valence-electron chi connectivity index (χ0n) is 11.0. The average molecular weight is 263 g/mol. The fraction of sp³-hybridized carbons (Fsp3) is 0.500. The van der Waals surface area contributed by atoms with Gasteiger partial charge in [0, 0.05) is 17.6 Å². The fourth-order valence-electron chi connectivity index (χ4n) is 2.58. The summed E-state index contributed by atoms with van der Waals surface area (Å²) in [5.74, 6) is 0. The molecule has 1 fully saturated rings. The number of nitrogens with one attached hydrogen (secondary N) is 1. The average Bonchev–Trinajstić information content (AvgIpc) is 2.34. The van der Waals surface area contributed by atoms with Crippen molar-refractivity contribution in [1.29, 1.82) is 0 Å². The van der Waals surface area contributed by atoms with Crippen molar-refractivity contribution in [2.24, 2.45) is 5.73 Å². The molecule has 2 unspecified atom stereocenters. The lowest BCUT2D eigenvalue weighted by atomic mass is 10.00. The molecular weight excluding hydrogens is 242 g/mol. The summed E-state index contributed by atoms with van der Waals surface area (Å²) in [5.41, 5.74) is 11.2. The molecule has 0 amide bonds. The van der Waals surface area contributed by atoms with Crippen LogP contribution in [-0.2, 0) is 0 Å². The van der Waals surface area contributed by atoms with Gasteiger partial charge in [0.25, 0.3) is 0 Å². The number of benzene rings is 1. The Morgan fingerprint density at radius 1 is 1.28 bits per heavy atom. The molecule has 1 aliphatic heterocycles. The Morgan fingerprint density at radius 2 is 1.89 bits per heavy atom. The van der Waals surface area contributed by atoms with E-state index in [2.05, 4.69) is 24.3 Å². The lowest BCUT2D eigenvalue weighted by molar-refractivity contribution is 0.136. The number of nitrogens with two attached hydrogens (primary N) is 1. The van der Waals surface area contributed by atoms with E-state index in [-0.39, 0.29) is 0 Å². The molecule has 0 bridgehead atoms. The van der Waals surface area contributed by atoms with Crippen LogP contribution >= 0.6 is 12.2 Å². The topological polar surface area (TPSA) is 41.3 Å². The van der Waals surface area contributed by atoms with Gasteiger partial charge in [-0.2, -0.15) is 0 Å². The molecule has 98 valence electrons. The Kier molecular flexibility index (Phi) is 4.19. The monoisotopic (exact) mass is 263 g/mol. The third-order valence-electron chi connectivity index (χ3n) is 3.64. The van der Waals surface area contributed by atoms with Crippen molar-refractivity contribution >= 4 is 22.9 Å². The molecule has 0 spiro atoms. The van der Waals surface area contributed by atoms with E-state index in [1.807, 2.05) is 24.3 Å². The second-order valence-electron chi connectivity index (χ2n) is 5.06. The molecule has 0 aliphatic carbocycles. The van der Waals surface area contributed by atoms with Crippen molar-refractivity contribution in [2.75, 3.05) is 5.43 Å². The minimum atomic E-state index is 0.440. The highest BCUT2D eigenvalue weighted by atomic mass is 32.1. The Morgan fingerprint density at radius 3 is 2.50 bits per heavy atom. The largest absolute Gasteiger partial charge is 0.389 e. The van der Waals surface area contributed by atoms with Gasteiger partial charge in [-0.25, -0.2) is 5.01 Å². The van der Waals surface area contributed by atoms with E-state index >= 15 is 0 Å². The molecule has 1 saturated heterocycles. The molecule has 0 saturated carbocycles. The SMILES string of the molecule is CC1CCCC(C)N1Nc1ccccc1C(N)=S. The number of thiocarbonyl (C=S) groups is 1. The summed E-state index contributed by atoms with van der Waals surface area (Å²) in [6.07, 6.45) is 3.76. The van der Waals surface area contributed by atoms with Gasteiger partial charge < -0.3 is 11.2 Å². The molecule has 1 heterocycles. The van der Waals surface area contributed by atoms with Gasteiger partial charge in [0.15, 0.2) is 0 Å². The number of para-hydroxylation sites is 1. The Hall–Kier alpha value is -1.13. The van der Waals surface area contributed by atoms with Gasteiger partial charge in [-0.15, -0.1) is 0 Å². The fourth-order valence-corrected chi connectivity index (χ4v) is 2.75. The standard InChI is InChI=1S/C14H21N3S/c1-10-6-5-7-11(2)17(10)16-13-9-4-3-8-12(13)14(15)18/h3-4,8-11,16H,5-7H2,1-2H3,(H2,15,18). The second kappa shape index (κ2) is 5.67. The number of nitrogens with zero attached hydrogens (tertiary/aromatic N) is 1. The van der Waals surface area contributed by atoms with Gasteiger partial charge in [-0.05, 0) is 38.8 Å². The van der Waals surface area contributed by atoms with Crippen molar-refractivity contribution in [3.05, 3.63) is 29.8 Å². The van der Waals surface area contributed by atoms with Crippen molar-refractivity contribution < 1.29 is 0 Å². The van der Waals surface area contributed by atoms with Gasteiger partial charge in [0.05, 0.1) is 5.69 Å². The highest BCUT2D eigenvalue weighted by molar-refractivity contribution is 7.80. The highest BCUT2D eigenvalue weighted by Gasteiger charge is 2.25. The van der Waals surface area contributed by atoms with Crippen LogP contribution in [0.15, 0.2) is 24.3 Å². The molecule has 0 radical (unpaired) electrons. The quantitative estimate of drug-likeness (QED) is 0.823. The smallest absolute Gasteiger partial charge is 0.106 e. The van der Waals surface area contributed by atoms with Crippen molar-refractivity contribution in [2.45, 2.75) is 45.2 Å². The minimum absolute atomic E-state index is 0.440. The van der Waals surface area contributed by atoms with Crippen LogP contribution in [0.25, 0.3) is 0 Å². The van der Waals surface area contributed by atoms with Gasteiger partial charge in [-0.3, -0.25) is 0 Å². The van der Waals surface area contributed by atoms with Crippen LogP contribution in [0.3, 0.4) is 0 Å². The predicted molar refractivity (Wildman–Crippen MR) is 80.6 cm³/mol. The zero-order valence-corrected chi connectivity index (χ0v) is 11.8. The number of piperidine rings is 1. The summed E-state index contributed by atoms with van der Waals surface area (Å²) in [5, 5.41) is 2.32. The summed E-state index contributed by atoms with van der Waals surface area (Å²) in [7, 11) is 0. The molecular formula is C14H21N3S. The number of hydrazine groups is 1. The third-order valence-corrected chi connectivity index (χ3v) is 3.86. The van der Waals surface area contributed by atoms with Crippen LogP contribution in [-0.4, -0.2) is 22.1 Å². The number of hydrogen-bond acceptors (Lipinski definition) is 3. The summed E-state index contributed by atoms with van der Waals surface area (Å²) in [6.45, 7) is 4.51. The first-order valence-corrected chi connectivity index (χ1v) is 6.94. The van der Waals surface area contributed by atoms with Crippen LogP contribution in [0, 0.1) is 0 Å². The maximum Gasteiger partial charge on any atom is 0.106 e. The molecule has 3 nitrogen and oxygen atoms in total. The molecule has 18 heavy (non-hydrogen) atoms. The van der Waals surface area contributed by atoms with Crippen LogP contribution in [0.5, 0.6) is 0 Å². The first kappa shape index (κ1) is 13.3. The summed E-state index contributed by atoms with van der Waals surface area (Å²) in [4.78, 5) is 0.440. The van der Waals surface area contributed by atoms with E-state index in [1.165, 1.54) is 19.3 Å². The van der Waals surface area contributed by atoms with E-state index in [1.54, 1.807) is 0 Å². The first-order chi connectivity index (χ1) is 8.59. The molecule has 4 heteroatoms. The Bertz CT molecular complexity index is 423.